The van der Waals surface area contributed by atoms with Crippen molar-refractivity contribution in [1.29, 1.82) is 5.26 Å². The molecule has 4 aliphatic rings. The van der Waals surface area contributed by atoms with E-state index in [2.05, 4.69) is 20.1 Å². The molecule has 1 saturated carbocycles. The van der Waals surface area contributed by atoms with Gasteiger partial charge in [-0.15, -0.1) is 8.78 Å². The van der Waals surface area contributed by atoms with E-state index in [0.29, 0.717) is 43.7 Å². The molecule has 2 aromatic carbocycles. The van der Waals surface area contributed by atoms with Gasteiger partial charge < -0.3 is 14.4 Å². The number of alkyl halides is 4. The number of fused-ring (bicyclic) bond motifs is 5. The Kier molecular flexibility index (Phi) is 7.37. The average molecular weight is 688 g/mol. The maximum atomic E-state index is 17.1. The number of piperidine rings is 1. The molecule has 2 unspecified atom stereocenters. The Labute approximate surface area is 277 Å². The van der Waals surface area contributed by atoms with E-state index in [1.54, 1.807) is 0 Å². The lowest BCUT2D eigenvalue weighted by Gasteiger charge is -2.34. The first-order chi connectivity index (χ1) is 22.9. The lowest BCUT2D eigenvalue weighted by molar-refractivity contribution is -0.0964. The number of nitriles is 1. The van der Waals surface area contributed by atoms with Crippen molar-refractivity contribution < 1.29 is 31.4 Å². The zero-order chi connectivity index (χ0) is 33.5. The molecule has 5 heterocycles. The summed E-state index contributed by atoms with van der Waals surface area (Å²) in [6, 6.07) is 4.13. The van der Waals surface area contributed by atoms with Crippen LogP contribution in [0.25, 0.3) is 32.9 Å². The van der Waals surface area contributed by atoms with E-state index in [0.717, 1.165) is 44.7 Å². The number of ether oxygens (including phenoxy) is 2. The van der Waals surface area contributed by atoms with Crippen molar-refractivity contribution in [2.24, 2.45) is 11.8 Å². The van der Waals surface area contributed by atoms with Crippen LogP contribution < -0.4 is 14.4 Å². The van der Waals surface area contributed by atoms with Crippen LogP contribution in [-0.2, 0) is 0 Å². The number of nitrogens with zero attached hydrogens (tertiary/aromatic N) is 6. The highest BCUT2D eigenvalue weighted by atomic mass is 35.5. The monoisotopic (exact) mass is 687 g/mol. The molecule has 0 amide bonds. The molecule has 252 valence electrons. The van der Waals surface area contributed by atoms with Gasteiger partial charge in [0.25, 0.3) is 0 Å². The molecule has 1 N–H and O–H groups in total. The number of hydrogen-bond donors (Lipinski definition) is 1. The number of aromatic amines is 1. The van der Waals surface area contributed by atoms with E-state index in [4.69, 9.17) is 26.1 Å². The predicted octanol–water partition coefficient (Wildman–Crippen LogP) is 6.99. The van der Waals surface area contributed by atoms with Gasteiger partial charge in [-0.2, -0.15) is 20.3 Å². The Balaban J connectivity index is 1.33. The Morgan fingerprint density at radius 1 is 1.15 bits per heavy atom. The van der Waals surface area contributed by atoms with Crippen LogP contribution >= 0.6 is 11.6 Å². The van der Waals surface area contributed by atoms with Gasteiger partial charge in [0.15, 0.2) is 11.5 Å². The van der Waals surface area contributed by atoms with E-state index in [1.165, 1.54) is 13.0 Å². The number of benzene rings is 2. The van der Waals surface area contributed by atoms with Crippen LogP contribution in [0.5, 0.6) is 11.8 Å². The quantitative estimate of drug-likeness (QED) is 0.164. The summed E-state index contributed by atoms with van der Waals surface area (Å²) in [6.45, 7) is 3.82. The minimum Gasteiger partial charge on any atom is -0.461 e. The summed E-state index contributed by atoms with van der Waals surface area (Å²) in [5.74, 6) is -1.83. The van der Waals surface area contributed by atoms with Gasteiger partial charge in [0.05, 0.1) is 16.6 Å². The van der Waals surface area contributed by atoms with Gasteiger partial charge in [-0.3, -0.25) is 10.00 Å². The fourth-order valence-corrected chi connectivity index (χ4v) is 8.67. The van der Waals surface area contributed by atoms with Crippen LogP contribution in [-0.4, -0.2) is 75.1 Å². The van der Waals surface area contributed by atoms with Gasteiger partial charge in [-0.1, -0.05) is 0 Å². The standard InChI is InChI=1S/C33H31ClF5N7O2/c1-16-7-22-25(23(11-40)44-43-22)26(29(16)48-33(34,38)39)24-21(36)9-20-28(27(24)37)41-31(42-30(20)45-12-17-3-4-18(8-17)13-45)47-15-32-5-2-6-46(32)14-19(35)10-32/h7,9,17-19H,2-6,8,10,12-15H2,1H3,(H,43,44)/t17?,18?,19-,32+/m1/s1. The number of halogens is 6. The van der Waals surface area contributed by atoms with Crippen LogP contribution in [0, 0.1) is 41.7 Å². The second-order valence-electron chi connectivity index (χ2n) is 13.6. The van der Waals surface area contributed by atoms with Crippen molar-refractivity contribution in [3.05, 3.63) is 35.0 Å². The summed E-state index contributed by atoms with van der Waals surface area (Å²) in [5, 5.41) is 16.3. The SMILES string of the molecule is Cc1cc2[nH]nc(C#N)c2c(-c2c(F)cc3c(N4CC5CCC(C5)C4)nc(OC[C@@]45CCCN4C[C@H](F)C5)nc3c2F)c1OC(F)(F)Cl. The molecule has 4 aromatic rings. The van der Waals surface area contributed by atoms with Crippen LogP contribution in [0.4, 0.5) is 27.8 Å². The van der Waals surface area contributed by atoms with Crippen molar-refractivity contribution in [2.45, 2.75) is 62.7 Å². The summed E-state index contributed by atoms with van der Waals surface area (Å²) < 4.78 is 87.3. The molecule has 1 aliphatic carbocycles. The first-order valence-corrected chi connectivity index (χ1v) is 16.5. The van der Waals surface area contributed by atoms with Crippen LogP contribution in [0.1, 0.15) is 49.8 Å². The summed E-state index contributed by atoms with van der Waals surface area (Å²) in [5.41, 5.74) is -6.37. The van der Waals surface area contributed by atoms with Gasteiger partial charge in [0.2, 0.25) is 0 Å². The normalized spacial score (nSPS) is 25.6. The number of aromatic nitrogens is 4. The molecular weight excluding hydrogens is 657 g/mol. The highest BCUT2D eigenvalue weighted by Crippen LogP contribution is 2.48. The van der Waals surface area contributed by atoms with Gasteiger partial charge in [0, 0.05) is 54.0 Å². The molecule has 48 heavy (non-hydrogen) atoms. The number of aryl methyl sites for hydroxylation is 1. The van der Waals surface area contributed by atoms with E-state index in [-0.39, 0.29) is 45.7 Å². The Hall–Kier alpha value is -3.96. The third kappa shape index (κ3) is 5.17. The molecule has 2 aromatic heterocycles. The van der Waals surface area contributed by atoms with Crippen LogP contribution in [0.15, 0.2) is 12.1 Å². The van der Waals surface area contributed by atoms with Crippen molar-refractivity contribution in [3.63, 3.8) is 0 Å². The second kappa shape index (κ2) is 11.3. The zero-order valence-corrected chi connectivity index (χ0v) is 26.7. The summed E-state index contributed by atoms with van der Waals surface area (Å²) in [6.07, 6.45) is 4.11. The van der Waals surface area contributed by atoms with Crippen molar-refractivity contribution in [1.82, 2.24) is 25.1 Å². The van der Waals surface area contributed by atoms with Crippen molar-refractivity contribution in [2.75, 3.05) is 37.7 Å². The van der Waals surface area contributed by atoms with Crippen molar-refractivity contribution >= 4 is 39.2 Å². The third-order valence-electron chi connectivity index (χ3n) is 10.5. The fourth-order valence-electron chi connectivity index (χ4n) is 8.60. The van der Waals surface area contributed by atoms with Crippen molar-refractivity contribution in [3.8, 4) is 29.0 Å². The number of hydrogen-bond acceptors (Lipinski definition) is 8. The molecule has 15 heteroatoms. The van der Waals surface area contributed by atoms with E-state index in [9.17, 15) is 18.4 Å². The number of anilines is 1. The van der Waals surface area contributed by atoms with Crippen LogP contribution in [0.3, 0.4) is 0 Å². The molecule has 4 fully saturated rings. The summed E-state index contributed by atoms with van der Waals surface area (Å²) in [4.78, 5) is 13.2. The average Bonchev–Trinajstić information content (AvgIpc) is 3.78. The molecule has 0 spiro atoms. The number of nitrogens with one attached hydrogen (secondary N) is 1. The van der Waals surface area contributed by atoms with Crippen LogP contribution in [0.2, 0.25) is 0 Å². The lowest BCUT2D eigenvalue weighted by atomic mass is 9.94. The molecule has 2 bridgehead atoms. The maximum Gasteiger partial charge on any atom is 0.487 e. The molecule has 9 nitrogen and oxygen atoms in total. The molecule has 3 saturated heterocycles. The highest BCUT2D eigenvalue weighted by molar-refractivity contribution is 6.21. The molecular formula is C33H31ClF5N7O2. The Morgan fingerprint density at radius 2 is 1.92 bits per heavy atom. The Morgan fingerprint density at radius 3 is 2.65 bits per heavy atom. The number of H-pyrrole nitrogens is 1. The third-order valence-corrected chi connectivity index (χ3v) is 10.6. The summed E-state index contributed by atoms with van der Waals surface area (Å²) >= 11 is 5.16. The van der Waals surface area contributed by atoms with Gasteiger partial charge in [0.1, 0.15) is 41.7 Å². The zero-order valence-electron chi connectivity index (χ0n) is 25.9. The fraction of sp³-hybridized carbons (Fsp3) is 0.515. The topological polar surface area (TPSA) is 103 Å². The van der Waals surface area contributed by atoms with E-state index < -0.39 is 45.8 Å². The van der Waals surface area contributed by atoms with E-state index >= 15 is 8.78 Å². The molecule has 4 atom stereocenters. The first-order valence-electron chi connectivity index (χ1n) is 16.1. The minimum atomic E-state index is -4.25. The first kappa shape index (κ1) is 31.3. The lowest BCUT2D eigenvalue weighted by Crippen LogP contribution is -2.43. The second-order valence-corrected chi connectivity index (χ2v) is 14.1. The van der Waals surface area contributed by atoms with E-state index in [1.807, 2.05) is 11.0 Å². The maximum absolute atomic E-state index is 17.1. The highest BCUT2D eigenvalue weighted by Gasteiger charge is 2.49. The van der Waals surface area contributed by atoms with Gasteiger partial charge >= 0.3 is 11.6 Å². The van der Waals surface area contributed by atoms with Gasteiger partial charge in [-0.05, 0) is 75.1 Å². The molecule has 0 radical (unpaired) electrons. The van der Waals surface area contributed by atoms with Gasteiger partial charge in [-0.25, -0.2) is 13.2 Å². The molecule has 3 aliphatic heterocycles. The minimum absolute atomic E-state index is 0.0594. The molecule has 8 rings (SSSR count). The largest absolute Gasteiger partial charge is 0.487 e. The Bertz CT molecular complexity index is 1990. The summed E-state index contributed by atoms with van der Waals surface area (Å²) in [7, 11) is 0. The smallest absolute Gasteiger partial charge is 0.461 e. The number of rotatable bonds is 7. The predicted molar refractivity (Wildman–Crippen MR) is 167 cm³/mol.